The van der Waals surface area contributed by atoms with Crippen LogP contribution in [0.4, 0.5) is 0 Å². The third kappa shape index (κ3) is 7.30. The lowest BCUT2D eigenvalue weighted by Gasteiger charge is -2.34. The summed E-state index contributed by atoms with van der Waals surface area (Å²) < 4.78 is 10.7. The summed E-state index contributed by atoms with van der Waals surface area (Å²) in [6.45, 7) is 4.73. The molecule has 0 bridgehead atoms. The van der Waals surface area contributed by atoms with E-state index < -0.39 is 12.2 Å². The zero-order chi connectivity index (χ0) is 16.0. The highest BCUT2D eigenvalue weighted by atomic mass is 35.5. The first kappa shape index (κ1) is 24.3. The Kier molecular flexibility index (Phi) is 12.0. The molecular weight excluding hydrogens is 355 g/mol. The van der Waals surface area contributed by atoms with Crippen LogP contribution in [-0.4, -0.2) is 87.0 Å². The monoisotopic (exact) mass is 388 g/mol. The van der Waals surface area contributed by atoms with E-state index in [2.05, 4.69) is 17.3 Å². The Morgan fingerprint density at radius 2 is 1.67 bits per heavy atom. The lowest BCUT2D eigenvalue weighted by molar-refractivity contribution is 0.00943. The van der Waals surface area contributed by atoms with Crippen molar-refractivity contribution in [1.82, 2.24) is 10.2 Å². The van der Waals surface area contributed by atoms with Crippen LogP contribution in [0.15, 0.2) is 0 Å². The summed E-state index contributed by atoms with van der Waals surface area (Å²) in [5.41, 5.74) is -0.171. The van der Waals surface area contributed by atoms with Crippen LogP contribution >= 0.6 is 24.8 Å². The molecule has 3 atom stereocenters. The number of ether oxygens (including phenoxy) is 2. The van der Waals surface area contributed by atoms with E-state index in [4.69, 9.17) is 9.47 Å². The van der Waals surface area contributed by atoms with Gasteiger partial charge in [-0.1, -0.05) is 0 Å². The molecule has 1 unspecified atom stereocenters. The molecule has 2 fully saturated rings. The molecule has 0 radical (unpaired) electrons. The van der Waals surface area contributed by atoms with Gasteiger partial charge in [0.1, 0.15) is 0 Å². The fourth-order valence-corrected chi connectivity index (χ4v) is 3.56. The van der Waals surface area contributed by atoms with Gasteiger partial charge in [-0.2, -0.15) is 0 Å². The number of nitrogens with one attached hydrogen (secondary N) is 1. The standard InChI is InChI=1S/C16H32N2O4.2ClH/c1-18-5-3-13(4-6-18)17-11-16(12-22-8-7-21-2)9-14(19)15(20)10-16;;/h13-15,17,19-20H,3-12H2,1-2H3;2*1H/t14-,15+,16?;;. The van der Waals surface area contributed by atoms with Crippen molar-refractivity contribution in [3.05, 3.63) is 0 Å². The number of halogens is 2. The molecule has 0 amide bonds. The number of hydrogen-bond acceptors (Lipinski definition) is 6. The zero-order valence-corrected chi connectivity index (χ0v) is 16.4. The van der Waals surface area contributed by atoms with Crippen LogP contribution in [0.3, 0.4) is 0 Å². The molecule has 1 aliphatic carbocycles. The summed E-state index contributed by atoms with van der Waals surface area (Å²) in [6, 6.07) is 0.530. The maximum absolute atomic E-state index is 9.94. The second kappa shape index (κ2) is 11.9. The van der Waals surface area contributed by atoms with Crippen molar-refractivity contribution in [2.24, 2.45) is 5.41 Å². The molecule has 2 rings (SSSR count). The second-order valence-electron chi connectivity index (χ2n) is 7.05. The highest BCUT2D eigenvalue weighted by molar-refractivity contribution is 5.85. The first-order chi connectivity index (χ1) is 10.5. The molecule has 0 aromatic heterocycles. The van der Waals surface area contributed by atoms with Gasteiger partial charge in [-0.3, -0.25) is 0 Å². The van der Waals surface area contributed by atoms with Gasteiger partial charge in [-0.15, -0.1) is 24.8 Å². The molecule has 2 aliphatic rings. The van der Waals surface area contributed by atoms with E-state index in [1.165, 1.54) is 0 Å². The smallest absolute Gasteiger partial charge is 0.0806 e. The normalized spacial score (nSPS) is 31.5. The van der Waals surface area contributed by atoms with Crippen LogP contribution in [0.5, 0.6) is 0 Å². The third-order valence-corrected chi connectivity index (χ3v) is 5.05. The SMILES string of the molecule is COCCOCC1(CNC2CCN(C)CC2)C[C@@H](O)[C@@H](O)C1.Cl.Cl. The summed E-state index contributed by atoms with van der Waals surface area (Å²) in [6.07, 6.45) is 2.24. The molecule has 6 nitrogen and oxygen atoms in total. The van der Waals surface area contributed by atoms with Crippen LogP contribution in [0.25, 0.3) is 0 Å². The van der Waals surface area contributed by atoms with Crippen molar-refractivity contribution in [3.8, 4) is 0 Å². The van der Waals surface area contributed by atoms with Gasteiger partial charge in [0.2, 0.25) is 0 Å². The number of likely N-dealkylation sites (tertiary alicyclic amines) is 1. The van der Waals surface area contributed by atoms with Crippen molar-refractivity contribution in [1.29, 1.82) is 0 Å². The largest absolute Gasteiger partial charge is 0.390 e. The zero-order valence-electron chi connectivity index (χ0n) is 14.8. The number of piperidine rings is 1. The molecule has 8 heteroatoms. The first-order valence-corrected chi connectivity index (χ1v) is 8.39. The topological polar surface area (TPSA) is 74.2 Å². The quantitative estimate of drug-likeness (QED) is 0.531. The molecule has 1 saturated heterocycles. The van der Waals surface area contributed by atoms with E-state index in [9.17, 15) is 10.2 Å². The predicted molar refractivity (Wildman–Crippen MR) is 99.4 cm³/mol. The Morgan fingerprint density at radius 1 is 1.08 bits per heavy atom. The number of aliphatic hydroxyl groups is 2. The van der Waals surface area contributed by atoms with Gasteiger partial charge in [0.05, 0.1) is 32.0 Å². The minimum absolute atomic E-state index is 0. The highest BCUT2D eigenvalue weighted by Gasteiger charge is 2.44. The Bertz CT molecular complexity index is 321. The third-order valence-electron chi connectivity index (χ3n) is 5.05. The predicted octanol–water partition coefficient (Wildman–Crippen LogP) is 0.679. The van der Waals surface area contributed by atoms with Crippen molar-refractivity contribution in [2.75, 3.05) is 53.6 Å². The van der Waals surface area contributed by atoms with Crippen LogP contribution in [-0.2, 0) is 9.47 Å². The molecule has 24 heavy (non-hydrogen) atoms. The molecule has 1 aliphatic heterocycles. The molecule has 3 N–H and O–H groups in total. The van der Waals surface area contributed by atoms with Crippen LogP contribution in [0, 0.1) is 5.41 Å². The first-order valence-electron chi connectivity index (χ1n) is 8.39. The fourth-order valence-electron chi connectivity index (χ4n) is 3.56. The minimum atomic E-state index is -0.634. The fraction of sp³-hybridized carbons (Fsp3) is 1.00. The van der Waals surface area contributed by atoms with Gasteiger partial charge in [0.15, 0.2) is 0 Å². The Hall–Kier alpha value is 0.340. The number of nitrogens with zero attached hydrogens (tertiary/aromatic N) is 1. The van der Waals surface area contributed by atoms with E-state index in [1.807, 2.05) is 0 Å². The molecule has 0 spiro atoms. The van der Waals surface area contributed by atoms with Gasteiger partial charge in [-0.05, 0) is 45.8 Å². The maximum Gasteiger partial charge on any atom is 0.0806 e. The molecule has 0 aromatic carbocycles. The summed E-state index contributed by atoms with van der Waals surface area (Å²) in [4.78, 5) is 2.35. The number of rotatable bonds is 8. The van der Waals surface area contributed by atoms with E-state index in [0.29, 0.717) is 38.7 Å². The second-order valence-corrected chi connectivity index (χ2v) is 7.05. The van der Waals surface area contributed by atoms with Crippen molar-refractivity contribution in [2.45, 2.75) is 43.9 Å². The van der Waals surface area contributed by atoms with Crippen LogP contribution < -0.4 is 5.32 Å². The van der Waals surface area contributed by atoms with Gasteiger partial charge >= 0.3 is 0 Å². The van der Waals surface area contributed by atoms with Crippen molar-refractivity contribution < 1.29 is 19.7 Å². The molecule has 1 saturated carbocycles. The summed E-state index contributed by atoms with van der Waals surface area (Å²) in [5, 5.41) is 23.5. The number of hydrogen-bond donors (Lipinski definition) is 3. The van der Waals surface area contributed by atoms with Gasteiger partial charge in [0, 0.05) is 25.1 Å². The number of methoxy groups -OCH3 is 1. The van der Waals surface area contributed by atoms with Gasteiger partial charge < -0.3 is 29.9 Å². The van der Waals surface area contributed by atoms with Crippen molar-refractivity contribution in [3.63, 3.8) is 0 Å². The molecule has 1 heterocycles. The van der Waals surface area contributed by atoms with Crippen LogP contribution in [0.1, 0.15) is 25.7 Å². The number of aliphatic hydroxyl groups excluding tert-OH is 2. The Labute approximate surface area is 158 Å². The molecule has 0 aromatic rings. The van der Waals surface area contributed by atoms with E-state index in [1.54, 1.807) is 7.11 Å². The summed E-state index contributed by atoms with van der Waals surface area (Å²) in [5.74, 6) is 0. The lowest BCUT2D eigenvalue weighted by Crippen LogP contribution is -2.46. The Morgan fingerprint density at radius 3 is 2.21 bits per heavy atom. The van der Waals surface area contributed by atoms with Crippen LogP contribution in [0.2, 0.25) is 0 Å². The van der Waals surface area contributed by atoms with Gasteiger partial charge in [0.25, 0.3) is 0 Å². The summed E-state index contributed by atoms with van der Waals surface area (Å²) in [7, 11) is 3.81. The minimum Gasteiger partial charge on any atom is -0.390 e. The average molecular weight is 389 g/mol. The van der Waals surface area contributed by atoms with Crippen molar-refractivity contribution >= 4 is 24.8 Å². The lowest BCUT2D eigenvalue weighted by atomic mass is 9.86. The van der Waals surface area contributed by atoms with E-state index >= 15 is 0 Å². The molecular formula is C16H34Cl2N2O4. The molecule has 146 valence electrons. The maximum atomic E-state index is 9.94. The highest BCUT2D eigenvalue weighted by Crippen LogP contribution is 2.38. The average Bonchev–Trinajstić information content (AvgIpc) is 2.79. The van der Waals surface area contributed by atoms with E-state index in [0.717, 1.165) is 32.5 Å². The Balaban J connectivity index is 0.00000264. The van der Waals surface area contributed by atoms with E-state index in [-0.39, 0.29) is 30.2 Å². The van der Waals surface area contributed by atoms with Gasteiger partial charge in [-0.25, -0.2) is 0 Å². The summed E-state index contributed by atoms with van der Waals surface area (Å²) >= 11 is 0.